The van der Waals surface area contributed by atoms with E-state index >= 15 is 0 Å². The van der Waals surface area contributed by atoms with Crippen molar-refractivity contribution < 1.29 is 14.6 Å². The van der Waals surface area contributed by atoms with Crippen LogP contribution in [0.1, 0.15) is 20.9 Å². The summed E-state index contributed by atoms with van der Waals surface area (Å²) in [5.74, 6) is 1.78. The van der Waals surface area contributed by atoms with Crippen molar-refractivity contribution in [2.75, 3.05) is 0 Å². The Morgan fingerprint density at radius 2 is 1.68 bits per heavy atom. The minimum absolute atomic E-state index is 0.0200. The molecule has 0 aliphatic rings. The molecule has 5 nitrogen and oxygen atoms in total. The van der Waals surface area contributed by atoms with E-state index < -0.39 is 5.82 Å². The zero-order chi connectivity index (χ0) is 19.9. The van der Waals surface area contributed by atoms with Crippen molar-refractivity contribution in [3.8, 4) is 23.8 Å². The molecule has 0 fully saturated rings. The number of nitrogens with zero attached hydrogens (tertiary/aromatic N) is 3. The lowest BCUT2D eigenvalue weighted by molar-refractivity contribution is 0.461. The van der Waals surface area contributed by atoms with Crippen LogP contribution in [0.3, 0.4) is 0 Å². The second kappa shape index (κ2) is 8.75. The van der Waals surface area contributed by atoms with E-state index in [1.54, 1.807) is 18.5 Å². The molecule has 0 bridgehead atoms. The van der Waals surface area contributed by atoms with Crippen molar-refractivity contribution in [1.82, 2.24) is 0 Å². The number of rotatable bonds is 5. The van der Waals surface area contributed by atoms with Gasteiger partial charge in [-0.2, -0.15) is 10.2 Å². The molecule has 28 heavy (non-hydrogen) atoms. The first-order valence-electron chi connectivity index (χ1n) is 8.03. The number of thiophene rings is 1. The van der Waals surface area contributed by atoms with Gasteiger partial charge in [-0.3, -0.25) is 4.99 Å². The van der Waals surface area contributed by atoms with E-state index in [0.29, 0.717) is 5.56 Å². The molecule has 3 aromatic rings. The van der Waals surface area contributed by atoms with Gasteiger partial charge in [0.25, 0.3) is 0 Å². The summed E-state index contributed by atoms with van der Waals surface area (Å²) in [6, 6.07) is 12.3. The summed E-state index contributed by atoms with van der Waals surface area (Å²) in [4.78, 5) is 5.83. The van der Waals surface area contributed by atoms with E-state index in [4.69, 9.17) is 6.42 Å². The van der Waals surface area contributed by atoms with Gasteiger partial charge in [-0.05, 0) is 42.0 Å². The third-order valence-electron chi connectivity index (χ3n) is 3.54. The van der Waals surface area contributed by atoms with Gasteiger partial charge in [0.2, 0.25) is 0 Å². The molecule has 0 amide bonds. The van der Waals surface area contributed by atoms with Crippen LogP contribution < -0.4 is 0 Å². The summed E-state index contributed by atoms with van der Waals surface area (Å²) in [5.41, 5.74) is 1.03. The Balaban J connectivity index is 1.64. The fourth-order valence-corrected chi connectivity index (χ4v) is 2.92. The minimum Gasteiger partial charge on any atom is -0.508 e. The van der Waals surface area contributed by atoms with Crippen molar-refractivity contribution >= 4 is 35.7 Å². The topological polar surface area (TPSA) is 77.5 Å². The maximum absolute atomic E-state index is 13.6. The molecule has 1 aromatic heterocycles. The highest BCUT2D eigenvalue weighted by atomic mass is 32.1. The van der Waals surface area contributed by atoms with Gasteiger partial charge in [0, 0.05) is 22.0 Å². The van der Waals surface area contributed by atoms with Crippen LogP contribution in [-0.2, 0) is 0 Å². The average molecular weight is 391 g/mol. The predicted octanol–water partition coefficient (Wildman–Crippen LogP) is 4.48. The molecule has 0 aliphatic carbocycles. The van der Waals surface area contributed by atoms with Gasteiger partial charge in [0.15, 0.2) is 0 Å². The first kappa shape index (κ1) is 19.0. The van der Waals surface area contributed by atoms with Gasteiger partial charge in [-0.1, -0.05) is 12.0 Å². The van der Waals surface area contributed by atoms with E-state index in [2.05, 4.69) is 21.1 Å². The van der Waals surface area contributed by atoms with E-state index in [-0.39, 0.29) is 22.7 Å². The Labute approximate surface area is 164 Å². The van der Waals surface area contributed by atoms with E-state index in [9.17, 15) is 14.6 Å². The van der Waals surface area contributed by atoms with Crippen LogP contribution in [-0.4, -0.2) is 28.9 Å². The number of benzene rings is 2. The molecule has 7 heteroatoms. The highest BCUT2D eigenvalue weighted by Gasteiger charge is 2.01. The molecule has 0 unspecified atom stereocenters. The van der Waals surface area contributed by atoms with Crippen LogP contribution in [0.25, 0.3) is 0 Å². The number of hydrogen-bond donors (Lipinski definition) is 2. The molecule has 1 heterocycles. The summed E-state index contributed by atoms with van der Waals surface area (Å²) in [7, 11) is 0. The first-order chi connectivity index (χ1) is 13.5. The van der Waals surface area contributed by atoms with Crippen LogP contribution in [0.15, 0.2) is 63.7 Å². The molecular weight excluding hydrogens is 377 g/mol. The Kier molecular flexibility index (Phi) is 5.94. The molecule has 0 radical (unpaired) electrons. The van der Waals surface area contributed by atoms with Gasteiger partial charge in [-0.15, -0.1) is 17.8 Å². The van der Waals surface area contributed by atoms with E-state index in [1.165, 1.54) is 47.9 Å². The first-order valence-corrected chi connectivity index (χ1v) is 8.85. The number of aliphatic imine (C=N–C) groups is 1. The quantitative estimate of drug-likeness (QED) is 0.291. The van der Waals surface area contributed by atoms with Gasteiger partial charge < -0.3 is 10.2 Å². The smallest absolute Gasteiger partial charge is 0.141 e. The van der Waals surface area contributed by atoms with Gasteiger partial charge in [-0.25, -0.2) is 4.39 Å². The van der Waals surface area contributed by atoms with Crippen molar-refractivity contribution in [2.45, 2.75) is 0 Å². The van der Waals surface area contributed by atoms with Crippen LogP contribution >= 0.6 is 11.3 Å². The van der Waals surface area contributed by atoms with Crippen LogP contribution in [0.2, 0.25) is 0 Å². The van der Waals surface area contributed by atoms with Crippen molar-refractivity contribution in [3.05, 3.63) is 75.2 Å². The molecule has 0 aliphatic heterocycles. The van der Waals surface area contributed by atoms with Crippen molar-refractivity contribution in [3.63, 3.8) is 0 Å². The summed E-state index contributed by atoms with van der Waals surface area (Å²) in [5, 5.41) is 27.0. The highest BCUT2D eigenvalue weighted by Crippen LogP contribution is 2.30. The SMILES string of the molecule is C#Cc1ccc(/C=N/N=C/c2ccc(C=Nc3cc(O)ccc3O)s2)cc1F. The maximum Gasteiger partial charge on any atom is 0.141 e. The second-order valence-electron chi connectivity index (χ2n) is 5.54. The normalized spacial score (nSPS) is 11.6. The Bertz CT molecular complexity index is 1130. The number of phenols is 2. The fraction of sp³-hybridized carbons (Fsp3) is 0. The minimum atomic E-state index is -0.476. The van der Waals surface area contributed by atoms with Crippen molar-refractivity contribution in [2.24, 2.45) is 15.2 Å². The Morgan fingerprint density at radius 3 is 2.43 bits per heavy atom. The van der Waals surface area contributed by atoms with Crippen LogP contribution in [0, 0.1) is 18.2 Å². The van der Waals surface area contributed by atoms with E-state index in [0.717, 1.165) is 9.75 Å². The zero-order valence-electron chi connectivity index (χ0n) is 14.5. The standard InChI is InChI=1S/C21H14FN3O2S/c1-2-15-4-3-14(9-19(15)22)11-24-25-13-18-7-6-17(28-18)12-23-20-10-16(26)5-8-21(20)27/h1,3-13,26-27H/b23-12?,24-11+,25-13+. The molecular formula is C21H14FN3O2S. The number of halogens is 1. The van der Waals surface area contributed by atoms with Crippen LogP contribution in [0.5, 0.6) is 11.5 Å². The second-order valence-corrected chi connectivity index (χ2v) is 6.69. The third kappa shape index (κ3) is 4.90. The van der Waals surface area contributed by atoms with Gasteiger partial charge in [0.1, 0.15) is 23.0 Å². The maximum atomic E-state index is 13.6. The summed E-state index contributed by atoms with van der Waals surface area (Å²) in [6.45, 7) is 0. The molecule has 0 saturated carbocycles. The zero-order valence-corrected chi connectivity index (χ0v) is 15.3. The lowest BCUT2D eigenvalue weighted by atomic mass is 10.1. The fourth-order valence-electron chi connectivity index (χ4n) is 2.17. The van der Waals surface area contributed by atoms with Crippen molar-refractivity contribution in [1.29, 1.82) is 0 Å². The Morgan fingerprint density at radius 1 is 0.929 bits per heavy atom. The number of hydrogen-bond acceptors (Lipinski definition) is 6. The highest BCUT2D eigenvalue weighted by molar-refractivity contribution is 7.15. The predicted molar refractivity (Wildman–Crippen MR) is 111 cm³/mol. The monoisotopic (exact) mass is 391 g/mol. The molecule has 0 spiro atoms. The molecule has 2 N–H and O–H groups in total. The third-order valence-corrected chi connectivity index (χ3v) is 4.50. The molecule has 2 aromatic carbocycles. The summed E-state index contributed by atoms with van der Waals surface area (Å²) < 4.78 is 13.6. The summed E-state index contributed by atoms with van der Waals surface area (Å²) >= 11 is 1.42. The van der Waals surface area contributed by atoms with E-state index in [1.807, 2.05) is 12.1 Å². The van der Waals surface area contributed by atoms with Gasteiger partial charge >= 0.3 is 0 Å². The molecule has 3 rings (SSSR count). The molecule has 0 atom stereocenters. The molecule has 0 saturated heterocycles. The number of terminal acetylenes is 1. The lowest BCUT2D eigenvalue weighted by Gasteiger charge is -1.98. The Hall–Kier alpha value is -3.76. The van der Waals surface area contributed by atoms with Gasteiger partial charge in [0.05, 0.1) is 18.0 Å². The molecule has 138 valence electrons. The largest absolute Gasteiger partial charge is 0.508 e. The van der Waals surface area contributed by atoms with Crippen LogP contribution in [0.4, 0.5) is 10.1 Å². The number of aromatic hydroxyl groups is 2. The average Bonchev–Trinajstić information content (AvgIpc) is 3.14. The lowest BCUT2D eigenvalue weighted by Crippen LogP contribution is -1.87. The summed E-state index contributed by atoms with van der Waals surface area (Å²) in [6.07, 6.45) is 9.75. The number of phenolic OH excluding ortho intramolecular Hbond substituents is 2.